The fourth-order valence-electron chi connectivity index (χ4n) is 1.07. The van der Waals surface area contributed by atoms with Crippen molar-refractivity contribution in [3.05, 3.63) is 23.8 Å². The molecule has 0 spiro atoms. The molecule has 0 saturated carbocycles. The minimum Gasteiger partial charge on any atom is -0.478 e. The third kappa shape index (κ3) is 2.50. The van der Waals surface area contributed by atoms with Gasteiger partial charge >= 0.3 is 5.97 Å². The molecule has 1 atom stereocenters. The van der Waals surface area contributed by atoms with Gasteiger partial charge in [0.15, 0.2) is 0 Å². The number of aromatic carboxylic acids is 1. The van der Waals surface area contributed by atoms with Crippen LogP contribution in [0.25, 0.3) is 0 Å². The summed E-state index contributed by atoms with van der Waals surface area (Å²) < 4.78 is 0. The van der Waals surface area contributed by atoms with Crippen LogP contribution in [0.4, 0.5) is 0 Å². The van der Waals surface area contributed by atoms with Gasteiger partial charge in [0.05, 0.1) is 11.6 Å². The maximum atomic E-state index is 10.5. The van der Waals surface area contributed by atoms with E-state index in [0.29, 0.717) is 5.82 Å². The summed E-state index contributed by atoms with van der Waals surface area (Å²) in [5.41, 5.74) is 0.109. The van der Waals surface area contributed by atoms with Crippen LogP contribution in [0.5, 0.6) is 0 Å². The SMILES string of the molecule is CCNC(C)c1ncc(C(=O)O)cn1. The van der Waals surface area contributed by atoms with Crippen molar-refractivity contribution in [1.29, 1.82) is 0 Å². The van der Waals surface area contributed by atoms with Crippen LogP contribution in [0.2, 0.25) is 0 Å². The van der Waals surface area contributed by atoms with Gasteiger partial charge in [-0.2, -0.15) is 0 Å². The Labute approximate surface area is 82.2 Å². The van der Waals surface area contributed by atoms with Gasteiger partial charge in [-0.25, -0.2) is 14.8 Å². The van der Waals surface area contributed by atoms with Crippen LogP contribution in [-0.4, -0.2) is 27.6 Å². The van der Waals surface area contributed by atoms with Gasteiger partial charge in [-0.1, -0.05) is 6.92 Å². The predicted molar refractivity (Wildman–Crippen MR) is 51.1 cm³/mol. The highest BCUT2D eigenvalue weighted by atomic mass is 16.4. The van der Waals surface area contributed by atoms with Gasteiger partial charge in [-0.3, -0.25) is 0 Å². The molecule has 5 heteroatoms. The first-order chi connectivity index (χ1) is 6.65. The number of carbonyl (C=O) groups is 1. The normalized spacial score (nSPS) is 12.4. The fraction of sp³-hybridized carbons (Fsp3) is 0.444. The third-order valence-corrected chi connectivity index (χ3v) is 1.82. The Morgan fingerprint density at radius 1 is 1.57 bits per heavy atom. The van der Waals surface area contributed by atoms with Crippen molar-refractivity contribution in [2.45, 2.75) is 19.9 Å². The second-order valence-electron chi connectivity index (χ2n) is 2.91. The van der Waals surface area contributed by atoms with Crippen molar-refractivity contribution in [1.82, 2.24) is 15.3 Å². The van der Waals surface area contributed by atoms with Crippen LogP contribution in [0, 0.1) is 0 Å². The minimum absolute atomic E-state index is 0.0443. The van der Waals surface area contributed by atoms with Crippen LogP contribution >= 0.6 is 0 Å². The van der Waals surface area contributed by atoms with E-state index < -0.39 is 5.97 Å². The second-order valence-corrected chi connectivity index (χ2v) is 2.91. The number of nitrogens with zero attached hydrogens (tertiary/aromatic N) is 2. The molecule has 0 bridgehead atoms. The highest BCUT2D eigenvalue weighted by Gasteiger charge is 2.08. The highest BCUT2D eigenvalue weighted by Crippen LogP contribution is 2.05. The molecular formula is C9H13N3O2. The molecule has 0 radical (unpaired) electrons. The van der Waals surface area contributed by atoms with Crippen molar-refractivity contribution in [2.75, 3.05) is 6.54 Å². The zero-order chi connectivity index (χ0) is 10.6. The first kappa shape index (κ1) is 10.6. The Bertz CT molecular complexity index is 310. The molecule has 0 aliphatic rings. The van der Waals surface area contributed by atoms with Crippen LogP contribution in [0.3, 0.4) is 0 Å². The van der Waals surface area contributed by atoms with Gasteiger partial charge in [0.2, 0.25) is 0 Å². The summed E-state index contributed by atoms with van der Waals surface area (Å²) >= 11 is 0. The molecule has 0 fully saturated rings. The van der Waals surface area contributed by atoms with Gasteiger partial charge in [0.25, 0.3) is 0 Å². The lowest BCUT2D eigenvalue weighted by molar-refractivity contribution is 0.0696. The van der Waals surface area contributed by atoms with Gasteiger partial charge in [0.1, 0.15) is 5.82 Å². The zero-order valence-electron chi connectivity index (χ0n) is 8.19. The van der Waals surface area contributed by atoms with E-state index in [2.05, 4.69) is 15.3 Å². The summed E-state index contributed by atoms with van der Waals surface area (Å²) in [5.74, 6) is -0.399. The number of rotatable bonds is 4. The van der Waals surface area contributed by atoms with Crippen LogP contribution in [-0.2, 0) is 0 Å². The quantitative estimate of drug-likeness (QED) is 0.744. The maximum absolute atomic E-state index is 10.5. The average molecular weight is 195 g/mol. The lowest BCUT2D eigenvalue weighted by Gasteiger charge is -2.09. The Balaban J connectivity index is 2.77. The molecule has 14 heavy (non-hydrogen) atoms. The maximum Gasteiger partial charge on any atom is 0.338 e. The lowest BCUT2D eigenvalue weighted by Crippen LogP contribution is -2.20. The Kier molecular flexibility index (Phi) is 3.53. The molecule has 1 aromatic rings. The lowest BCUT2D eigenvalue weighted by atomic mass is 10.3. The number of aromatic nitrogens is 2. The Morgan fingerprint density at radius 2 is 2.14 bits per heavy atom. The van der Waals surface area contributed by atoms with E-state index in [1.807, 2.05) is 13.8 Å². The second kappa shape index (κ2) is 4.66. The number of nitrogens with one attached hydrogen (secondary N) is 1. The average Bonchev–Trinajstić information content (AvgIpc) is 2.18. The summed E-state index contributed by atoms with van der Waals surface area (Å²) in [5, 5.41) is 11.8. The van der Waals surface area contributed by atoms with Crippen molar-refractivity contribution < 1.29 is 9.90 Å². The topological polar surface area (TPSA) is 75.1 Å². The Hall–Kier alpha value is -1.49. The molecule has 76 valence electrons. The first-order valence-corrected chi connectivity index (χ1v) is 4.43. The third-order valence-electron chi connectivity index (χ3n) is 1.82. The molecule has 0 aliphatic heterocycles. The van der Waals surface area contributed by atoms with E-state index in [1.165, 1.54) is 12.4 Å². The first-order valence-electron chi connectivity index (χ1n) is 4.43. The zero-order valence-corrected chi connectivity index (χ0v) is 8.19. The van der Waals surface area contributed by atoms with E-state index in [4.69, 9.17) is 5.11 Å². The smallest absolute Gasteiger partial charge is 0.338 e. The number of carboxylic acid groups (broad SMARTS) is 1. The Morgan fingerprint density at radius 3 is 2.57 bits per heavy atom. The highest BCUT2D eigenvalue weighted by molar-refractivity contribution is 5.86. The predicted octanol–water partition coefficient (Wildman–Crippen LogP) is 0.845. The monoisotopic (exact) mass is 195 g/mol. The molecule has 0 amide bonds. The van der Waals surface area contributed by atoms with Crippen molar-refractivity contribution in [3.63, 3.8) is 0 Å². The minimum atomic E-state index is -1.01. The van der Waals surface area contributed by atoms with E-state index in [9.17, 15) is 4.79 Å². The molecule has 1 heterocycles. The largest absolute Gasteiger partial charge is 0.478 e. The summed E-state index contributed by atoms with van der Waals surface area (Å²) in [6.07, 6.45) is 2.64. The molecule has 0 aliphatic carbocycles. The molecule has 0 aromatic carbocycles. The van der Waals surface area contributed by atoms with Crippen molar-refractivity contribution in [3.8, 4) is 0 Å². The van der Waals surface area contributed by atoms with E-state index in [1.54, 1.807) is 0 Å². The molecule has 1 unspecified atom stereocenters. The van der Waals surface area contributed by atoms with E-state index >= 15 is 0 Å². The number of carboxylic acids is 1. The molecule has 1 aromatic heterocycles. The molecule has 5 nitrogen and oxygen atoms in total. The summed E-state index contributed by atoms with van der Waals surface area (Å²) in [6, 6.07) is 0.0443. The van der Waals surface area contributed by atoms with E-state index in [0.717, 1.165) is 6.54 Å². The molecule has 0 saturated heterocycles. The summed E-state index contributed by atoms with van der Waals surface area (Å²) in [4.78, 5) is 18.4. The number of hydrogen-bond acceptors (Lipinski definition) is 4. The fourth-order valence-corrected chi connectivity index (χ4v) is 1.07. The molecule has 1 rings (SSSR count). The van der Waals surface area contributed by atoms with Crippen LogP contribution in [0.1, 0.15) is 36.1 Å². The van der Waals surface area contributed by atoms with Gasteiger partial charge < -0.3 is 10.4 Å². The van der Waals surface area contributed by atoms with Gasteiger partial charge in [0, 0.05) is 12.4 Å². The van der Waals surface area contributed by atoms with Gasteiger partial charge in [-0.15, -0.1) is 0 Å². The summed E-state index contributed by atoms with van der Waals surface area (Å²) in [7, 11) is 0. The summed E-state index contributed by atoms with van der Waals surface area (Å²) in [6.45, 7) is 4.74. The number of hydrogen-bond donors (Lipinski definition) is 2. The molecular weight excluding hydrogens is 182 g/mol. The van der Waals surface area contributed by atoms with Crippen molar-refractivity contribution in [2.24, 2.45) is 0 Å². The van der Waals surface area contributed by atoms with Crippen LogP contribution < -0.4 is 5.32 Å². The van der Waals surface area contributed by atoms with Gasteiger partial charge in [-0.05, 0) is 13.5 Å². The van der Waals surface area contributed by atoms with Crippen molar-refractivity contribution >= 4 is 5.97 Å². The van der Waals surface area contributed by atoms with E-state index in [-0.39, 0.29) is 11.6 Å². The standard InChI is InChI=1S/C9H13N3O2/c1-3-10-6(2)8-11-4-7(5-12-8)9(13)14/h4-6,10H,3H2,1-2H3,(H,13,14). The molecule has 2 N–H and O–H groups in total. The van der Waals surface area contributed by atoms with Crippen LogP contribution in [0.15, 0.2) is 12.4 Å².